The van der Waals surface area contributed by atoms with E-state index >= 15 is 0 Å². The zero-order valence-corrected chi connectivity index (χ0v) is 12.0. The number of hydrogen-bond donors (Lipinski definition) is 8. The average molecular weight is 342 g/mol. The molecule has 2 aliphatic rings. The number of ether oxygens (including phenoxy) is 3. The van der Waals surface area contributed by atoms with Crippen LogP contribution >= 0.6 is 0 Å². The van der Waals surface area contributed by atoms with Gasteiger partial charge in [0, 0.05) is 0 Å². The summed E-state index contributed by atoms with van der Waals surface area (Å²) in [5, 5.41) is 76.1. The summed E-state index contributed by atoms with van der Waals surface area (Å²) in [6.07, 6.45) is -15.3. The van der Waals surface area contributed by atoms with Crippen molar-refractivity contribution in [3.05, 3.63) is 0 Å². The second kappa shape index (κ2) is 7.63. The van der Waals surface area contributed by atoms with Crippen LogP contribution in [0.15, 0.2) is 0 Å². The molecule has 0 aromatic carbocycles. The van der Waals surface area contributed by atoms with Gasteiger partial charge in [-0.2, -0.15) is 0 Å². The molecule has 136 valence electrons. The van der Waals surface area contributed by atoms with E-state index in [2.05, 4.69) is 0 Å². The minimum absolute atomic E-state index is 0.468. The standard InChI is InChI=1S/C12H22O11/c13-1-3-5(14)8(17)10(19)12(23-3)21-2-4-6(15)7(16)9(18)11(20)22-4/h3-20H,1-2H2/t3-,4-,5-,6-,7-,8-,9+,10+,11+,12+/m1/s1. The molecule has 0 amide bonds. The lowest BCUT2D eigenvalue weighted by Crippen LogP contribution is -2.61. The van der Waals surface area contributed by atoms with Gasteiger partial charge in [0.05, 0.1) is 13.2 Å². The van der Waals surface area contributed by atoms with Gasteiger partial charge in [-0.25, -0.2) is 0 Å². The highest BCUT2D eigenvalue weighted by atomic mass is 16.7. The normalized spacial score (nSPS) is 51.7. The molecule has 0 saturated carbocycles. The molecule has 0 bridgehead atoms. The molecule has 0 aromatic rings. The molecule has 2 saturated heterocycles. The first-order valence-corrected chi connectivity index (χ1v) is 7.07. The van der Waals surface area contributed by atoms with E-state index in [1.165, 1.54) is 0 Å². The lowest BCUT2D eigenvalue weighted by Gasteiger charge is -2.41. The van der Waals surface area contributed by atoms with Crippen molar-refractivity contribution in [1.82, 2.24) is 0 Å². The van der Waals surface area contributed by atoms with Crippen molar-refractivity contribution >= 4 is 0 Å². The Morgan fingerprint density at radius 2 is 1.22 bits per heavy atom. The van der Waals surface area contributed by atoms with E-state index in [1.54, 1.807) is 0 Å². The summed E-state index contributed by atoms with van der Waals surface area (Å²) >= 11 is 0. The Kier molecular flexibility index (Phi) is 6.27. The summed E-state index contributed by atoms with van der Waals surface area (Å²) in [5.74, 6) is 0. The number of aliphatic hydroxyl groups is 8. The van der Waals surface area contributed by atoms with Crippen LogP contribution in [0.3, 0.4) is 0 Å². The highest BCUT2D eigenvalue weighted by molar-refractivity contribution is 4.91. The summed E-state index contributed by atoms with van der Waals surface area (Å²) in [7, 11) is 0. The SMILES string of the molecule is OC[C@H]1O[C@H](OC[C@H]2O[C@H](O)[C@@H](O)[C@H](O)[C@@H]2O)[C@@H](O)[C@H](O)[C@@H]1O. The Morgan fingerprint density at radius 1 is 0.652 bits per heavy atom. The maximum absolute atomic E-state index is 9.78. The predicted molar refractivity (Wildman–Crippen MR) is 68.6 cm³/mol. The van der Waals surface area contributed by atoms with Crippen LogP contribution in [-0.4, -0.2) is 115 Å². The van der Waals surface area contributed by atoms with E-state index in [1.807, 2.05) is 0 Å². The van der Waals surface area contributed by atoms with Crippen molar-refractivity contribution in [2.24, 2.45) is 0 Å². The smallest absolute Gasteiger partial charge is 0.186 e. The van der Waals surface area contributed by atoms with Gasteiger partial charge in [0.15, 0.2) is 12.6 Å². The molecule has 0 aliphatic carbocycles. The van der Waals surface area contributed by atoms with Crippen LogP contribution in [0, 0.1) is 0 Å². The molecule has 2 aliphatic heterocycles. The van der Waals surface area contributed by atoms with Gasteiger partial charge in [-0.3, -0.25) is 0 Å². The van der Waals surface area contributed by atoms with Crippen molar-refractivity contribution in [1.29, 1.82) is 0 Å². The second-order valence-corrected chi connectivity index (χ2v) is 5.57. The molecule has 23 heavy (non-hydrogen) atoms. The summed E-state index contributed by atoms with van der Waals surface area (Å²) in [6.45, 7) is -1.10. The van der Waals surface area contributed by atoms with E-state index in [-0.39, 0.29) is 0 Å². The molecule has 0 unspecified atom stereocenters. The van der Waals surface area contributed by atoms with Crippen LogP contribution in [0.5, 0.6) is 0 Å². The summed E-state index contributed by atoms with van der Waals surface area (Å²) in [6, 6.07) is 0. The molecule has 10 atom stereocenters. The van der Waals surface area contributed by atoms with E-state index < -0.39 is 74.6 Å². The number of aliphatic hydroxyl groups excluding tert-OH is 8. The lowest BCUT2D eigenvalue weighted by molar-refractivity contribution is -0.325. The zero-order valence-electron chi connectivity index (χ0n) is 12.0. The van der Waals surface area contributed by atoms with E-state index in [4.69, 9.17) is 19.3 Å². The van der Waals surface area contributed by atoms with Gasteiger partial charge in [-0.15, -0.1) is 0 Å². The molecule has 2 heterocycles. The maximum Gasteiger partial charge on any atom is 0.186 e. The first-order chi connectivity index (χ1) is 10.8. The zero-order chi connectivity index (χ0) is 17.3. The quantitative estimate of drug-likeness (QED) is 0.243. The molecule has 11 nitrogen and oxygen atoms in total. The molecular weight excluding hydrogens is 320 g/mol. The third-order valence-corrected chi connectivity index (χ3v) is 3.96. The number of hydrogen-bond acceptors (Lipinski definition) is 11. The van der Waals surface area contributed by atoms with Crippen LogP contribution in [0.1, 0.15) is 0 Å². The molecular formula is C12H22O11. The highest BCUT2D eigenvalue weighted by Crippen LogP contribution is 2.24. The van der Waals surface area contributed by atoms with Crippen LogP contribution in [0.2, 0.25) is 0 Å². The van der Waals surface area contributed by atoms with Gasteiger partial charge in [0.25, 0.3) is 0 Å². The molecule has 0 radical (unpaired) electrons. The third kappa shape index (κ3) is 3.81. The van der Waals surface area contributed by atoms with Crippen molar-refractivity contribution in [3.63, 3.8) is 0 Å². The van der Waals surface area contributed by atoms with Gasteiger partial charge in [-0.05, 0) is 0 Å². The molecule has 0 spiro atoms. The van der Waals surface area contributed by atoms with Crippen LogP contribution in [-0.2, 0) is 14.2 Å². The summed E-state index contributed by atoms with van der Waals surface area (Å²) in [4.78, 5) is 0. The van der Waals surface area contributed by atoms with Gasteiger partial charge >= 0.3 is 0 Å². The Bertz CT molecular complexity index is 380. The minimum atomic E-state index is -1.74. The summed E-state index contributed by atoms with van der Waals surface area (Å²) < 4.78 is 15.1. The Hall–Kier alpha value is -0.440. The minimum Gasteiger partial charge on any atom is -0.394 e. The van der Waals surface area contributed by atoms with Gasteiger partial charge in [0.2, 0.25) is 0 Å². The van der Waals surface area contributed by atoms with Gasteiger partial charge in [-0.1, -0.05) is 0 Å². The van der Waals surface area contributed by atoms with Crippen LogP contribution in [0.4, 0.5) is 0 Å². The predicted octanol–water partition coefficient (Wildman–Crippen LogP) is -5.40. The first-order valence-electron chi connectivity index (χ1n) is 7.07. The van der Waals surface area contributed by atoms with Gasteiger partial charge < -0.3 is 55.1 Å². The number of rotatable bonds is 4. The largest absolute Gasteiger partial charge is 0.394 e. The molecule has 2 rings (SSSR count). The average Bonchev–Trinajstić information content (AvgIpc) is 2.54. The summed E-state index contributed by atoms with van der Waals surface area (Å²) in [5.41, 5.74) is 0. The fourth-order valence-corrected chi connectivity index (χ4v) is 2.46. The monoisotopic (exact) mass is 342 g/mol. The van der Waals surface area contributed by atoms with Crippen molar-refractivity contribution in [3.8, 4) is 0 Å². The van der Waals surface area contributed by atoms with Crippen LogP contribution in [0.25, 0.3) is 0 Å². The van der Waals surface area contributed by atoms with Crippen LogP contribution < -0.4 is 0 Å². The first kappa shape index (κ1) is 18.9. The highest BCUT2D eigenvalue weighted by Gasteiger charge is 2.46. The Morgan fingerprint density at radius 3 is 1.83 bits per heavy atom. The Labute approximate surface area is 130 Å². The molecule has 8 N–H and O–H groups in total. The maximum atomic E-state index is 9.78. The van der Waals surface area contributed by atoms with E-state index in [9.17, 15) is 35.7 Å². The van der Waals surface area contributed by atoms with Gasteiger partial charge in [0.1, 0.15) is 48.8 Å². The van der Waals surface area contributed by atoms with Crippen molar-refractivity contribution in [2.75, 3.05) is 13.2 Å². The third-order valence-electron chi connectivity index (χ3n) is 3.96. The van der Waals surface area contributed by atoms with Crippen molar-refractivity contribution in [2.45, 2.75) is 61.4 Å². The molecule has 0 aromatic heterocycles. The van der Waals surface area contributed by atoms with E-state index in [0.717, 1.165) is 0 Å². The second-order valence-electron chi connectivity index (χ2n) is 5.57. The van der Waals surface area contributed by atoms with Crippen molar-refractivity contribution < 1.29 is 55.1 Å². The lowest BCUT2D eigenvalue weighted by atomic mass is 9.98. The fourth-order valence-electron chi connectivity index (χ4n) is 2.46. The Balaban J connectivity index is 1.94. The molecule has 11 heteroatoms. The fraction of sp³-hybridized carbons (Fsp3) is 1.00. The molecule has 2 fully saturated rings. The van der Waals surface area contributed by atoms with E-state index in [0.29, 0.717) is 0 Å². The topological polar surface area (TPSA) is 190 Å².